The normalized spacial score (nSPS) is 18.2. The number of fused-ring (bicyclic) bond motifs is 1. The van der Waals surface area contributed by atoms with Gasteiger partial charge in [0.05, 0.1) is 0 Å². The Morgan fingerprint density at radius 1 is 1.00 bits per heavy atom. The van der Waals surface area contributed by atoms with Crippen LogP contribution in [-0.2, 0) is 6.42 Å². The van der Waals surface area contributed by atoms with Crippen LogP contribution in [0, 0.1) is 6.92 Å². The molecule has 0 bridgehead atoms. The van der Waals surface area contributed by atoms with E-state index in [0.29, 0.717) is 5.75 Å². The summed E-state index contributed by atoms with van der Waals surface area (Å²) in [7, 11) is 0. The van der Waals surface area contributed by atoms with Crippen molar-refractivity contribution in [3.8, 4) is 11.5 Å². The van der Waals surface area contributed by atoms with Gasteiger partial charge in [-0.15, -0.1) is 0 Å². The topological polar surface area (TPSA) is 38.7 Å². The fourth-order valence-corrected chi connectivity index (χ4v) is 4.03. The van der Waals surface area contributed by atoms with E-state index in [1.165, 1.54) is 16.7 Å². The van der Waals surface area contributed by atoms with Gasteiger partial charge in [-0.25, -0.2) is 5.26 Å². The number of hydrogen-bond donors (Lipinski definition) is 1. The van der Waals surface area contributed by atoms with Crippen molar-refractivity contribution in [1.29, 1.82) is 0 Å². The molecular formula is C29H46O3. The zero-order valence-corrected chi connectivity index (χ0v) is 21.8. The van der Waals surface area contributed by atoms with Crippen molar-refractivity contribution in [3.05, 3.63) is 58.2 Å². The Bertz CT molecular complexity index is 797. The maximum atomic E-state index is 8.93. The fourth-order valence-electron chi connectivity index (χ4n) is 4.03. The summed E-state index contributed by atoms with van der Waals surface area (Å²) >= 11 is 0. The molecule has 0 spiro atoms. The molecule has 1 aliphatic rings. The molecule has 3 nitrogen and oxygen atoms in total. The zero-order valence-electron chi connectivity index (χ0n) is 21.8. The molecule has 0 fully saturated rings. The quantitative estimate of drug-likeness (QED) is 0.223. The van der Waals surface area contributed by atoms with E-state index >= 15 is 0 Å². The molecule has 2 rings (SSSR count). The Hall–Kier alpha value is -2.00. The maximum absolute atomic E-state index is 8.93. The summed E-state index contributed by atoms with van der Waals surface area (Å²) in [6.45, 7) is 17.0. The summed E-state index contributed by atoms with van der Waals surface area (Å²) < 4.78 is 6.42. The lowest BCUT2D eigenvalue weighted by atomic mass is 9.87. The lowest BCUT2D eigenvalue weighted by Gasteiger charge is -2.36. The van der Waals surface area contributed by atoms with Gasteiger partial charge >= 0.3 is 0 Å². The standard InChI is InChI=1S/C27H40O3.C2H6/c1-20(2)10-7-11-21(3)12-8-13-22(4)14-9-16-27(6)17-15-24-19-25(30-28)18-23(5)26(24)29-27;1-2/h10,12,14,18-19,28H,7-9,11,13,15-17H2,1-6H3;1-2H3/b21-12+,22-14+;. The van der Waals surface area contributed by atoms with Gasteiger partial charge in [-0.3, -0.25) is 0 Å². The van der Waals surface area contributed by atoms with Gasteiger partial charge in [0.15, 0.2) is 5.75 Å². The number of benzene rings is 1. The highest BCUT2D eigenvalue weighted by atomic mass is 17.1. The van der Waals surface area contributed by atoms with E-state index in [-0.39, 0.29) is 5.60 Å². The van der Waals surface area contributed by atoms with Crippen LogP contribution in [0.25, 0.3) is 0 Å². The van der Waals surface area contributed by atoms with Gasteiger partial charge in [0.25, 0.3) is 0 Å². The van der Waals surface area contributed by atoms with E-state index in [0.717, 1.165) is 68.2 Å². The summed E-state index contributed by atoms with van der Waals surface area (Å²) in [6.07, 6.45) is 15.6. The highest BCUT2D eigenvalue weighted by Crippen LogP contribution is 2.40. The van der Waals surface area contributed by atoms with Crippen LogP contribution in [0.4, 0.5) is 0 Å². The van der Waals surface area contributed by atoms with Crippen LogP contribution in [-0.4, -0.2) is 10.9 Å². The van der Waals surface area contributed by atoms with Gasteiger partial charge in [0, 0.05) is 0 Å². The van der Waals surface area contributed by atoms with Crippen molar-refractivity contribution in [2.45, 2.75) is 112 Å². The lowest BCUT2D eigenvalue weighted by Crippen LogP contribution is -2.36. The van der Waals surface area contributed by atoms with Crippen molar-refractivity contribution in [2.75, 3.05) is 0 Å². The monoisotopic (exact) mass is 442 g/mol. The number of allylic oxidation sites excluding steroid dienone is 6. The van der Waals surface area contributed by atoms with Crippen molar-refractivity contribution in [1.82, 2.24) is 0 Å². The van der Waals surface area contributed by atoms with Gasteiger partial charge < -0.3 is 9.62 Å². The molecule has 1 N–H and O–H groups in total. The highest BCUT2D eigenvalue weighted by Gasteiger charge is 2.32. The molecule has 1 heterocycles. The second-order valence-corrected chi connectivity index (χ2v) is 9.37. The Kier molecular flexibility index (Phi) is 12.4. The van der Waals surface area contributed by atoms with E-state index in [4.69, 9.17) is 9.99 Å². The van der Waals surface area contributed by atoms with Gasteiger partial charge in [0.2, 0.25) is 0 Å². The first-order valence-electron chi connectivity index (χ1n) is 12.3. The summed E-state index contributed by atoms with van der Waals surface area (Å²) in [5, 5.41) is 8.93. The first-order valence-corrected chi connectivity index (χ1v) is 12.3. The van der Waals surface area contributed by atoms with E-state index < -0.39 is 0 Å². The van der Waals surface area contributed by atoms with Gasteiger partial charge in [-0.1, -0.05) is 48.8 Å². The Morgan fingerprint density at radius 3 is 2.19 bits per heavy atom. The Labute approximate surface area is 197 Å². The minimum atomic E-state index is -0.141. The van der Waals surface area contributed by atoms with Crippen molar-refractivity contribution in [2.24, 2.45) is 0 Å². The van der Waals surface area contributed by atoms with E-state index in [1.807, 2.05) is 32.9 Å². The Balaban J connectivity index is 0.00000249. The second kappa shape index (κ2) is 14.2. The summed E-state index contributed by atoms with van der Waals surface area (Å²) in [5.74, 6) is 1.44. The lowest BCUT2D eigenvalue weighted by molar-refractivity contribution is -0.137. The van der Waals surface area contributed by atoms with Crippen LogP contribution < -0.4 is 9.62 Å². The van der Waals surface area contributed by atoms with E-state index in [1.54, 1.807) is 0 Å². The number of rotatable bonds is 10. The fraction of sp³-hybridized carbons (Fsp3) is 0.586. The van der Waals surface area contributed by atoms with Crippen LogP contribution in [0.5, 0.6) is 11.5 Å². The van der Waals surface area contributed by atoms with Crippen LogP contribution in [0.1, 0.15) is 105 Å². The molecule has 0 amide bonds. The molecule has 32 heavy (non-hydrogen) atoms. The summed E-state index contributed by atoms with van der Waals surface area (Å²) in [6, 6.07) is 3.70. The minimum absolute atomic E-state index is 0.141. The van der Waals surface area contributed by atoms with Crippen LogP contribution in [0.2, 0.25) is 0 Å². The molecular weight excluding hydrogens is 396 g/mol. The SMILES string of the molecule is CC.CC(C)=CCC/C(C)=C/CC/C(C)=C/CCC1(C)CCc2cc(OO)cc(C)c2O1. The molecule has 180 valence electrons. The van der Waals surface area contributed by atoms with Gasteiger partial charge in [-0.05, 0) is 116 Å². The van der Waals surface area contributed by atoms with Crippen molar-refractivity contribution < 1.29 is 14.9 Å². The number of ether oxygens (including phenoxy) is 1. The molecule has 1 aliphatic heterocycles. The van der Waals surface area contributed by atoms with Gasteiger partial charge in [0.1, 0.15) is 11.4 Å². The van der Waals surface area contributed by atoms with E-state index in [9.17, 15) is 0 Å². The van der Waals surface area contributed by atoms with E-state index in [2.05, 4.69) is 57.7 Å². The maximum Gasteiger partial charge on any atom is 0.165 e. The molecule has 1 atom stereocenters. The first-order chi connectivity index (χ1) is 15.2. The Morgan fingerprint density at radius 2 is 1.59 bits per heavy atom. The zero-order chi connectivity index (χ0) is 24.1. The summed E-state index contributed by atoms with van der Waals surface area (Å²) in [5.41, 5.74) is 6.35. The molecule has 0 aliphatic carbocycles. The second-order valence-electron chi connectivity index (χ2n) is 9.37. The van der Waals surface area contributed by atoms with Gasteiger partial charge in [-0.2, -0.15) is 0 Å². The molecule has 0 aromatic heterocycles. The molecule has 0 saturated heterocycles. The third kappa shape index (κ3) is 9.65. The van der Waals surface area contributed by atoms with Crippen LogP contribution >= 0.6 is 0 Å². The number of aryl methyl sites for hydroxylation is 2. The molecule has 0 radical (unpaired) electrons. The minimum Gasteiger partial charge on any atom is -0.487 e. The molecule has 1 aromatic rings. The van der Waals surface area contributed by atoms with Crippen molar-refractivity contribution >= 4 is 0 Å². The smallest absolute Gasteiger partial charge is 0.165 e. The predicted octanol–water partition coefficient (Wildman–Crippen LogP) is 9.16. The average Bonchev–Trinajstić information content (AvgIpc) is 2.75. The molecule has 1 aromatic carbocycles. The number of hydrogen-bond acceptors (Lipinski definition) is 3. The first kappa shape index (κ1) is 28.0. The molecule has 0 saturated carbocycles. The largest absolute Gasteiger partial charge is 0.487 e. The highest BCUT2D eigenvalue weighted by molar-refractivity contribution is 5.48. The predicted molar refractivity (Wildman–Crippen MR) is 138 cm³/mol. The molecule has 1 unspecified atom stereocenters. The third-order valence-corrected chi connectivity index (χ3v) is 5.99. The third-order valence-electron chi connectivity index (χ3n) is 5.99. The van der Waals surface area contributed by atoms with Crippen LogP contribution in [0.3, 0.4) is 0 Å². The molecule has 3 heteroatoms. The average molecular weight is 443 g/mol. The van der Waals surface area contributed by atoms with Crippen molar-refractivity contribution in [3.63, 3.8) is 0 Å². The van der Waals surface area contributed by atoms with Crippen LogP contribution in [0.15, 0.2) is 47.1 Å². The summed E-state index contributed by atoms with van der Waals surface area (Å²) in [4.78, 5) is 4.41.